The number of amides is 2. The molecule has 2 N–H and O–H groups in total. The summed E-state index contributed by atoms with van der Waals surface area (Å²) in [5.74, 6) is -1.00. The van der Waals surface area contributed by atoms with E-state index in [0.717, 1.165) is 6.42 Å². The first-order chi connectivity index (χ1) is 8.32. The molecule has 0 aromatic rings. The van der Waals surface area contributed by atoms with Crippen LogP contribution < -0.4 is 5.32 Å². The molecule has 2 amide bonds. The minimum Gasteiger partial charge on any atom is -0.480 e. The van der Waals surface area contributed by atoms with Crippen molar-refractivity contribution >= 4 is 12.0 Å². The molecule has 18 heavy (non-hydrogen) atoms. The topological polar surface area (TPSA) is 78.9 Å². The molecule has 0 aromatic carbocycles. The van der Waals surface area contributed by atoms with Gasteiger partial charge in [0.15, 0.2) is 0 Å². The Labute approximate surface area is 107 Å². The van der Waals surface area contributed by atoms with Gasteiger partial charge in [0.1, 0.15) is 6.54 Å². The summed E-state index contributed by atoms with van der Waals surface area (Å²) in [5, 5.41) is 11.6. The number of carbonyl (C=O) groups is 2. The summed E-state index contributed by atoms with van der Waals surface area (Å²) in [7, 11) is 1.66. The number of carbonyl (C=O) groups excluding carboxylic acids is 1. The van der Waals surface area contributed by atoms with Gasteiger partial charge in [0.2, 0.25) is 0 Å². The summed E-state index contributed by atoms with van der Waals surface area (Å²) in [6, 6.07) is -0.301. The third kappa shape index (κ3) is 2.93. The molecule has 0 bridgehead atoms. The van der Waals surface area contributed by atoms with Gasteiger partial charge in [-0.05, 0) is 13.3 Å². The number of hydrogen-bond donors (Lipinski definition) is 2. The van der Waals surface area contributed by atoms with E-state index >= 15 is 0 Å². The summed E-state index contributed by atoms with van der Waals surface area (Å²) in [5.41, 5.74) is -0.118. The van der Waals surface area contributed by atoms with E-state index in [1.807, 2.05) is 13.8 Å². The van der Waals surface area contributed by atoms with E-state index in [1.54, 1.807) is 14.0 Å². The van der Waals surface area contributed by atoms with Crippen molar-refractivity contribution in [1.29, 1.82) is 0 Å². The van der Waals surface area contributed by atoms with Crippen molar-refractivity contribution in [1.82, 2.24) is 10.2 Å². The molecule has 1 saturated carbocycles. The molecule has 0 aromatic heterocycles. The van der Waals surface area contributed by atoms with Gasteiger partial charge in [0.25, 0.3) is 0 Å². The normalized spacial score (nSPS) is 25.1. The molecule has 1 rings (SSSR count). The predicted octanol–water partition coefficient (Wildman–Crippen LogP) is 0.916. The minimum absolute atomic E-state index is 0.0257. The lowest BCUT2D eigenvalue weighted by atomic mass is 9.64. The quantitative estimate of drug-likeness (QED) is 0.768. The van der Waals surface area contributed by atoms with Gasteiger partial charge in [-0.1, -0.05) is 13.8 Å². The van der Waals surface area contributed by atoms with Crippen LogP contribution in [0.15, 0.2) is 0 Å². The molecule has 6 heteroatoms. The monoisotopic (exact) mass is 258 g/mol. The summed E-state index contributed by atoms with van der Waals surface area (Å²) in [4.78, 5) is 23.8. The molecule has 6 nitrogen and oxygen atoms in total. The standard InChI is InChI=1S/C12H22N2O4/c1-5-14(7-10(15)16)11(17)13-8-6-9(18-4)12(8,2)3/h8-9H,5-7H2,1-4H3,(H,13,17)(H,15,16). The van der Waals surface area contributed by atoms with Crippen molar-refractivity contribution in [2.75, 3.05) is 20.2 Å². The number of likely N-dealkylation sites (N-methyl/N-ethyl adjacent to an activating group) is 1. The van der Waals surface area contributed by atoms with Crippen LogP contribution in [0.4, 0.5) is 4.79 Å². The maximum absolute atomic E-state index is 11.9. The smallest absolute Gasteiger partial charge is 0.323 e. The van der Waals surface area contributed by atoms with Gasteiger partial charge in [0, 0.05) is 25.1 Å². The van der Waals surface area contributed by atoms with Crippen LogP contribution in [-0.4, -0.2) is 54.4 Å². The largest absolute Gasteiger partial charge is 0.480 e. The lowest BCUT2D eigenvalue weighted by Crippen LogP contribution is -2.63. The van der Waals surface area contributed by atoms with E-state index in [1.165, 1.54) is 4.90 Å². The van der Waals surface area contributed by atoms with Gasteiger partial charge in [0.05, 0.1) is 6.10 Å². The van der Waals surface area contributed by atoms with Crippen molar-refractivity contribution in [2.45, 2.75) is 39.3 Å². The van der Waals surface area contributed by atoms with Crippen molar-refractivity contribution < 1.29 is 19.4 Å². The fraction of sp³-hybridized carbons (Fsp3) is 0.833. The van der Waals surface area contributed by atoms with E-state index in [2.05, 4.69) is 5.32 Å². The maximum atomic E-state index is 11.9. The van der Waals surface area contributed by atoms with E-state index in [9.17, 15) is 9.59 Å². The Morgan fingerprint density at radius 1 is 1.50 bits per heavy atom. The van der Waals surface area contributed by atoms with E-state index in [0.29, 0.717) is 6.54 Å². The molecule has 1 aliphatic rings. The third-order valence-corrected chi connectivity index (χ3v) is 3.76. The number of methoxy groups -OCH3 is 1. The molecule has 0 heterocycles. The Morgan fingerprint density at radius 2 is 2.11 bits per heavy atom. The highest BCUT2D eigenvalue weighted by Crippen LogP contribution is 2.42. The first-order valence-electron chi connectivity index (χ1n) is 6.13. The van der Waals surface area contributed by atoms with Crippen LogP contribution in [0.5, 0.6) is 0 Å². The Bertz CT molecular complexity index is 330. The minimum atomic E-state index is -1.00. The Balaban J connectivity index is 2.53. The van der Waals surface area contributed by atoms with Crippen molar-refractivity contribution in [3.05, 3.63) is 0 Å². The predicted molar refractivity (Wildman–Crippen MR) is 66.4 cm³/mol. The number of nitrogens with zero attached hydrogens (tertiary/aromatic N) is 1. The van der Waals surface area contributed by atoms with Crippen LogP contribution in [0, 0.1) is 5.41 Å². The number of urea groups is 1. The number of hydrogen-bond acceptors (Lipinski definition) is 3. The van der Waals surface area contributed by atoms with Gasteiger partial charge in [-0.2, -0.15) is 0 Å². The first-order valence-corrected chi connectivity index (χ1v) is 6.13. The third-order valence-electron chi connectivity index (χ3n) is 3.76. The molecule has 0 spiro atoms. The zero-order chi connectivity index (χ0) is 13.9. The molecule has 1 fully saturated rings. The van der Waals surface area contributed by atoms with Gasteiger partial charge in [-0.15, -0.1) is 0 Å². The molecule has 0 radical (unpaired) electrons. The molecule has 2 unspecified atom stereocenters. The molecule has 0 saturated heterocycles. The Morgan fingerprint density at radius 3 is 2.50 bits per heavy atom. The summed E-state index contributed by atoms with van der Waals surface area (Å²) in [6.07, 6.45) is 0.900. The number of nitrogens with one attached hydrogen (secondary N) is 1. The fourth-order valence-corrected chi connectivity index (χ4v) is 2.26. The second-order valence-corrected chi connectivity index (χ2v) is 5.19. The van der Waals surface area contributed by atoms with Crippen LogP contribution in [0.3, 0.4) is 0 Å². The second-order valence-electron chi connectivity index (χ2n) is 5.19. The van der Waals surface area contributed by atoms with E-state index in [4.69, 9.17) is 9.84 Å². The average Bonchev–Trinajstić information content (AvgIpc) is 2.30. The number of rotatable bonds is 5. The highest BCUT2D eigenvalue weighted by molar-refractivity contribution is 5.80. The van der Waals surface area contributed by atoms with Crippen LogP contribution in [0.1, 0.15) is 27.2 Å². The SMILES string of the molecule is CCN(CC(=O)O)C(=O)NC1CC(OC)C1(C)C. The molecule has 104 valence electrons. The number of ether oxygens (including phenoxy) is 1. The number of carboxylic acids is 1. The first kappa shape index (κ1) is 14.8. The van der Waals surface area contributed by atoms with Gasteiger partial charge < -0.3 is 20.1 Å². The zero-order valence-corrected chi connectivity index (χ0v) is 11.4. The Hall–Kier alpha value is -1.30. The van der Waals surface area contributed by atoms with Gasteiger partial charge in [-0.25, -0.2) is 4.79 Å². The summed E-state index contributed by atoms with van der Waals surface area (Å²) >= 11 is 0. The number of carboxylic acid groups (broad SMARTS) is 1. The average molecular weight is 258 g/mol. The van der Waals surface area contributed by atoms with Gasteiger partial charge in [-0.3, -0.25) is 4.79 Å². The van der Waals surface area contributed by atoms with Crippen molar-refractivity contribution in [3.8, 4) is 0 Å². The molecular formula is C12H22N2O4. The zero-order valence-electron chi connectivity index (χ0n) is 11.4. The molecule has 1 aliphatic carbocycles. The lowest BCUT2D eigenvalue weighted by molar-refractivity contribution is -0.137. The molecule has 2 atom stereocenters. The fourth-order valence-electron chi connectivity index (χ4n) is 2.26. The summed E-state index contributed by atoms with van der Waals surface area (Å²) < 4.78 is 5.31. The van der Waals surface area contributed by atoms with Crippen molar-refractivity contribution in [2.24, 2.45) is 5.41 Å². The highest BCUT2D eigenvalue weighted by Gasteiger charge is 2.49. The maximum Gasteiger partial charge on any atom is 0.323 e. The van der Waals surface area contributed by atoms with Crippen LogP contribution in [0.2, 0.25) is 0 Å². The molecular weight excluding hydrogens is 236 g/mol. The second kappa shape index (κ2) is 5.56. The Kier molecular flexibility index (Phi) is 4.56. The van der Waals surface area contributed by atoms with E-state index in [-0.39, 0.29) is 30.1 Å². The van der Waals surface area contributed by atoms with Crippen LogP contribution >= 0.6 is 0 Å². The number of aliphatic carboxylic acids is 1. The van der Waals surface area contributed by atoms with Crippen molar-refractivity contribution in [3.63, 3.8) is 0 Å². The lowest BCUT2D eigenvalue weighted by Gasteiger charge is -2.51. The van der Waals surface area contributed by atoms with Crippen LogP contribution in [-0.2, 0) is 9.53 Å². The molecule has 0 aliphatic heterocycles. The summed E-state index contributed by atoms with van der Waals surface area (Å²) in [6.45, 7) is 5.92. The van der Waals surface area contributed by atoms with Crippen LogP contribution in [0.25, 0.3) is 0 Å². The van der Waals surface area contributed by atoms with Gasteiger partial charge >= 0.3 is 12.0 Å². The highest BCUT2D eigenvalue weighted by atomic mass is 16.5. The van der Waals surface area contributed by atoms with E-state index < -0.39 is 5.97 Å².